The number of aliphatic hydroxyl groups excluding tert-OH is 1. The number of hydrogen-bond acceptors (Lipinski definition) is 5. The number of aliphatic hydroxyl groups is 1. The minimum Gasteiger partial charge on any atom is -0.391 e. The van der Waals surface area contributed by atoms with E-state index >= 15 is 0 Å². The predicted octanol–water partition coefficient (Wildman–Crippen LogP) is -0.476. The van der Waals surface area contributed by atoms with Gasteiger partial charge in [-0.05, 0) is 0 Å². The number of methoxy groups -OCH3 is 1. The van der Waals surface area contributed by atoms with Gasteiger partial charge >= 0.3 is 0 Å². The molecule has 78 valence electrons. The summed E-state index contributed by atoms with van der Waals surface area (Å²) in [6.45, 7) is 0.591. The molecule has 13 heavy (non-hydrogen) atoms. The molecule has 0 aliphatic carbocycles. The van der Waals surface area contributed by atoms with Crippen LogP contribution in [0, 0.1) is 0 Å². The van der Waals surface area contributed by atoms with Crippen molar-refractivity contribution in [1.29, 1.82) is 0 Å². The third kappa shape index (κ3) is 3.46. The molecular formula is C7H14O4S2. The molecule has 2 atom stereocenters. The average Bonchev–Trinajstić information content (AvgIpc) is 2.25. The van der Waals surface area contributed by atoms with Crippen LogP contribution in [0.25, 0.3) is 0 Å². The Morgan fingerprint density at radius 1 is 1.54 bits per heavy atom. The van der Waals surface area contributed by atoms with Crippen LogP contribution in [0.5, 0.6) is 0 Å². The van der Waals surface area contributed by atoms with Gasteiger partial charge in [0.15, 0.2) is 9.84 Å². The summed E-state index contributed by atoms with van der Waals surface area (Å²) in [5.41, 5.74) is 0. The van der Waals surface area contributed by atoms with Crippen LogP contribution in [0.3, 0.4) is 0 Å². The Kier molecular flexibility index (Phi) is 4.03. The lowest BCUT2D eigenvalue weighted by Crippen LogP contribution is -2.21. The SMILES string of the molecule is COCCSC1CS(=O)(=O)CC1O. The lowest BCUT2D eigenvalue weighted by atomic mass is 10.3. The van der Waals surface area contributed by atoms with E-state index in [4.69, 9.17) is 4.74 Å². The molecule has 0 aromatic rings. The van der Waals surface area contributed by atoms with E-state index in [1.165, 1.54) is 11.8 Å². The van der Waals surface area contributed by atoms with Gasteiger partial charge in [-0.3, -0.25) is 0 Å². The third-order valence-electron chi connectivity index (χ3n) is 1.89. The molecule has 1 aliphatic rings. The zero-order valence-corrected chi connectivity index (χ0v) is 9.10. The minimum absolute atomic E-state index is 0.0857. The summed E-state index contributed by atoms with van der Waals surface area (Å²) in [4.78, 5) is 0. The Balaban J connectivity index is 2.36. The maximum Gasteiger partial charge on any atom is 0.154 e. The number of hydrogen-bond donors (Lipinski definition) is 1. The van der Waals surface area contributed by atoms with E-state index in [0.717, 1.165) is 5.75 Å². The second kappa shape index (κ2) is 4.63. The Morgan fingerprint density at radius 2 is 2.23 bits per heavy atom. The van der Waals surface area contributed by atoms with Crippen LogP contribution in [-0.4, -0.2) is 55.9 Å². The van der Waals surface area contributed by atoms with Gasteiger partial charge < -0.3 is 9.84 Å². The highest BCUT2D eigenvalue weighted by molar-refractivity contribution is 8.01. The van der Waals surface area contributed by atoms with Gasteiger partial charge in [-0.2, -0.15) is 11.8 Å². The molecular weight excluding hydrogens is 212 g/mol. The van der Waals surface area contributed by atoms with Gasteiger partial charge in [0.2, 0.25) is 0 Å². The zero-order valence-electron chi connectivity index (χ0n) is 7.47. The summed E-state index contributed by atoms with van der Waals surface area (Å²) in [7, 11) is -1.39. The summed E-state index contributed by atoms with van der Waals surface area (Å²) < 4.78 is 27.0. The van der Waals surface area contributed by atoms with Crippen molar-refractivity contribution in [2.45, 2.75) is 11.4 Å². The number of ether oxygens (including phenoxy) is 1. The van der Waals surface area contributed by atoms with Crippen molar-refractivity contribution in [3.05, 3.63) is 0 Å². The molecule has 0 spiro atoms. The van der Waals surface area contributed by atoms with Gasteiger partial charge in [-0.15, -0.1) is 0 Å². The first-order valence-corrected chi connectivity index (χ1v) is 6.91. The monoisotopic (exact) mass is 226 g/mol. The van der Waals surface area contributed by atoms with Crippen LogP contribution < -0.4 is 0 Å². The van der Waals surface area contributed by atoms with Crippen molar-refractivity contribution >= 4 is 21.6 Å². The van der Waals surface area contributed by atoms with E-state index in [2.05, 4.69) is 0 Å². The van der Waals surface area contributed by atoms with Gasteiger partial charge in [-0.25, -0.2) is 8.42 Å². The molecule has 1 N–H and O–H groups in total. The molecule has 1 saturated heterocycles. The average molecular weight is 226 g/mol. The second-order valence-corrected chi connectivity index (χ2v) is 6.55. The summed E-state index contributed by atoms with van der Waals surface area (Å²) in [6.07, 6.45) is -0.702. The molecule has 0 aromatic heterocycles. The van der Waals surface area contributed by atoms with Crippen LogP contribution >= 0.6 is 11.8 Å². The van der Waals surface area contributed by atoms with Gasteiger partial charge in [0.05, 0.1) is 24.2 Å². The van der Waals surface area contributed by atoms with Crippen molar-refractivity contribution in [3.63, 3.8) is 0 Å². The van der Waals surface area contributed by atoms with Gasteiger partial charge in [0, 0.05) is 18.1 Å². The molecule has 1 fully saturated rings. The van der Waals surface area contributed by atoms with Crippen LogP contribution in [0.4, 0.5) is 0 Å². The highest BCUT2D eigenvalue weighted by Gasteiger charge is 2.36. The van der Waals surface area contributed by atoms with Gasteiger partial charge in [0.25, 0.3) is 0 Å². The molecule has 0 aromatic carbocycles. The van der Waals surface area contributed by atoms with Crippen molar-refractivity contribution in [3.8, 4) is 0 Å². The fourth-order valence-corrected chi connectivity index (χ4v) is 4.86. The maximum atomic E-state index is 11.1. The topological polar surface area (TPSA) is 63.6 Å². The molecule has 0 amide bonds. The molecule has 1 heterocycles. The number of rotatable bonds is 4. The summed E-state index contributed by atoms with van der Waals surface area (Å²) in [6, 6.07) is 0. The Labute approximate surface area is 82.6 Å². The van der Waals surface area contributed by atoms with Crippen molar-refractivity contribution in [2.24, 2.45) is 0 Å². The first-order valence-electron chi connectivity index (χ1n) is 4.04. The van der Waals surface area contributed by atoms with E-state index in [0.29, 0.717) is 6.61 Å². The van der Waals surface area contributed by atoms with Crippen LogP contribution in [0.15, 0.2) is 0 Å². The highest BCUT2D eigenvalue weighted by Crippen LogP contribution is 2.24. The smallest absolute Gasteiger partial charge is 0.154 e. The van der Waals surface area contributed by atoms with Gasteiger partial charge in [-0.1, -0.05) is 0 Å². The van der Waals surface area contributed by atoms with E-state index in [-0.39, 0.29) is 16.8 Å². The molecule has 1 aliphatic heterocycles. The van der Waals surface area contributed by atoms with E-state index in [1.807, 2.05) is 0 Å². The lowest BCUT2D eigenvalue weighted by Gasteiger charge is -2.10. The quantitative estimate of drug-likeness (QED) is 0.656. The second-order valence-electron chi connectivity index (χ2n) is 3.05. The maximum absolute atomic E-state index is 11.1. The van der Waals surface area contributed by atoms with Gasteiger partial charge in [0.1, 0.15) is 0 Å². The zero-order chi connectivity index (χ0) is 9.90. The molecule has 0 radical (unpaired) electrons. The van der Waals surface area contributed by atoms with E-state index in [1.54, 1.807) is 7.11 Å². The fourth-order valence-electron chi connectivity index (χ4n) is 1.24. The molecule has 4 nitrogen and oxygen atoms in total. The lowest BCUT2D eigenvalue weighted by molar-refractivity contribution is 0.205. The molecule has 0 saturated carbocycles. The number of sulfone groups is 1. The normalized spacial score (nSPS) is 32.2. The van der Waals surface area contributed by atoms with E-state index < -0.39 is 15.9 Å². The van der Waals surface area contributed by atoms with Crippen LogP contribution in [0.1, 0.15) is 0 Å². The Hall–Kier alpha value is 0.220. The van der Waals surface area contributed by atoms with E-state index in [9.17, 15) is 13.5 Å². The summed E-state index contributed by atoms with van der Waals surface area (Å²) in [5, 5.41) is 9.22. The van der Waals surface area contributed by atoms with Crippen LogP contribution in [-0.2, 0) is 14.6 Å². The largest absolute Gasteiger partial charge is 0.391 e. The molecule has 1 rings (SSSR count). The van der Waals surface area contributed by atoms with Crippen molar-refractivity contribution < 1.29 is 18.3 Å². The molecule has 0 bridgehead atoms. The van der Waals surface area contributed by atoms with Crippen molar-refractivity contribution in [2.75, 3.05) is 31.0 Å². The number of thioether (sulfide) groups is 1. The highest BCUT2D eigenvalue weighted by atomic mass is 32.2. The fraction of sp³-hybridized carbons (Fsp3) is 1.00. The predicted molar refractivity (Wildman–Crippen MR) is 52.8 cm³/mol. The first-order chi connectivity index (χ1) is 6.05. The Bertz CT molecular complexity index is 249. The Morgan fingerprint density at radius 3 is 2.69 bits per heavy atom. The standard InChI is InChI=1S/C7H14O4S2/c1-11-2-3-12-7-5-13(9,10)4-6(7)8/h6-8H,2-5H2,1H3. The molecule has 6 heteroatoms. The summed E-state index contributed by atoms with van der Waals surface area (Å²) in [5.74, 6) is 0.744. The third-order valence-corrected chi connectivity index (χ3v) is 5.13. The van der Waals surface area contributed by atoms with Crippen LogP contribution in [0.2, 0.25) is 0 Å². The first kappa shape index (κ1) is 11.3. The minimum atomic E-state index is -2.99. The van der Waals surface area contributed by atoms with Crippen molar-refractivity contribution in [1.82, 2.24) is 0 Å². The summed E-state index contributed by atoms with van der Waals surface area (Å²) >= 11 is 1.46. The molecule has 2 unspecified atom stereocenters.